The molecule has 6 nitrogen and oxygen atoms in total. The highest BCUT2D eigenvalue weighted by Gasteiger charge is 2.07. The number of carbonyl (C=O) groups excluding carboxylic acids is 1. The third-order valence-corrected chi connectivity index (χ3v) is 4.61. The Kier molecular flexibility index (Phi) is 5.35. The summed E-state index contributed by atoms with van der Waals surface area (Å²) in [5.41, 5.74) is 3.60. The van der Waals surface area contributed by atoms with Gasteiger partial charge in [0.15, 0.2) is 18.1 Å². The topological polar surface area (TPSA) is 64.8 Å². The van der Waals surface area contributed by atoms with E-state index >= 15 is 0 Å². The number of ether oxygens (including phenoxy) is 2. The van der Waals surface area contributed by atoms with Gasteiger partial charge in [-0.3, -0.25) is 4.79 Å². The van der Waals surface area contributed by atoms with Crippen molar-refractivity contribution in [2.45, 2.75) is 6.92 Å². The standard InChI is InChI=1S/C18H19N3O3S/c1-3-23-14-9-5-6-10-15(14)24-12-17(22)19-20-18-21(2)13-8-4-7-11-16(13)25-18/h4-11H,3,12H2,1-2H3,(H,19,22)/b20-18+. The Bertz CT molecular complexity index is 946. The Balaban J connectivity index is 1.66. The summed E-state index contributed by atoms with van der Waals surface area (Å²) in [7, 11) is 1.92. The lowest BCUT2D eigenvalue weighted by molar-refractivity contribution is -0.123. The smallest absolute Gasteiger partial charge is 0.278 e. The zero-order valence-corrected chi connectivity index (χ0v) is 14.9. The highest BCUT2D eigenvalue weighted by molar-refractivity contribution is 7.16. The van der Waals surface area contributed by atoms with Crippen LogP contribution >= 0.6 is 11.3 Å². The van der Waals surface area contributed by atoms with Gasteiger partial charge in [-0.1, -0.05) is 35.6 Å². The van der Waals surface area contributed by atoms with E-state index < -0.39 is 0 Å². The molecule has 0 aliphatic heterocycles. The molecule has 25 heavy (non-hydrogen) atoms. The largest absolute Gasteiger partial charge is 0.490 e. The van der Waals surface area contributed by atoms with E-state index in [0.29, 0.717) is 22.9 Å². The second-order valence-corrected chi connectivity index (χ2v) is 6.24. The lowest BCUT2D eigenvalue weighted by Crippen LogP contribution is -2.27. The van der Waals surface area contributed by atoms with Crippen molar-refractivity contribution in [3.63, 3.8) is 0 Å². The molecule has 0 aliphatic rings. The minimum atomic E-state index is -0.330. The number of hydrogen-bond acceptors (Lipinski definition) is 5. The highest BCUT2D eigenvalue weighted by Crippen LogP contribution is 2.26. The number of rotatable bonds is 6. The minimum Gasteiger partial charge on any atom is -0.490 e. The maximum atomic E-state index is 12.0. The average Bonchev–Trinajstić information content (AvgIpc) is 2.96. The zero-order valence-electron chi connectivity index (χ0n) is 14.1. The molecule has 0 atom stereocenters. The van der Waals surface area contributed by atoms with E-state index in [4.69, 9.17) is 9.47 Å². The third kappa shape index (κ3) is 4.00. The van der Waals surface area contributed by atoms with E-state index in [1.807, 2.05) is 54.9 Å². The first-order valence-corrected chi connectivity index (χ1v) is 8.72. The Morgan fingerprint density at radius 3 is 2.52 bits per heavy atom. The first kappa shape index (κ1) is 17.0. The molecule has 0 spiro atoms. The molecule has 1 N–H and O–H groups in total. The highest BCUT2D eigenvalue weighted by atomic mass is 32.1. The summed E-state index contributed by atoms with van der Waals surface area (Å²) in [4.78, 5) is 12.7. The first-order valence-electron chi connectivity index (χ1n) is 7.90. The number of aromatic nitrogens is 1. The summed E-state index contributed by atoms with van der Waals surface area (Å²) in [6.45, 7) is 2.29. The lowest BCUT2D eigenvalue weighted by atomic mass is 10.3. The van der Waals surface area contributed by atoms with Crippen LogP contribution in [0.3, 0.4) is 0 Å². The summed E-state index contributed by atoms with van der Waals surface area (Å²) in [6.07, 6.45) is 0. The molecule has 7 heteroatoms. The molecule has 0 aliphatic carbocycles. The molecule has 0 saturated carbocycles. The van der Waals surface area contributed by atoms with Crippen molar-refractivity contribution >= 4 is 27.5 Å². The van der Waals surface area contributed by atoms with E-state index in [-0.39, 0.29) is 12.5 Å². The van der Waals surface area contributed by atoms with Crippen molar-refractivity contribution < 1.29 is 14.3 Å². The molecule has 0 radical (unpaired) electrons. The zero-order chi connectivity index (χ0) is 17.6. The van der Waals surface area contributed by atoms with E-state index in [1.165, 1.54) is 11.3 Å². The van der Waals surface area contributed by atoms with Crippen LogP contribution in [0.1, 0.15) is 6.92 Å². The fraction of sp³-hybridized carbons (Fsp3) is 0.222. The first-order chi connectivity index (χ1) is 12.2. The van der Waals surface area contributed by atoms with Crippen LogP contribution < -0.4 is 19.7 Å². The number of thiazole rings is 1. The maximum Gasteiger partial charge on any atom is 0.278 e. The maximum absolute atomic E-state index is 12.0. The number of fused-ring (bicyclic) bond motifs is 1. The van der Waals surface area contributed by atoms with Gasteiger partial charge in [0.05, 0.1) is 16.8 Å². The number of aryl methyl sites for hydroxylation is 1. The molecule has 0 fully saturated rings. The summed E-state index contributed by atoms with van der Waals surface area (Å²) in [5.74, 6) is 0.821. The number of carbonyl (C=O) groups is 1. The molecule has 1 aromatic heterocycles. The molecule has 0 unspecified atom stereocenters. The molecular formula is C18H19N3O3S. The molecule has 3 aromatic rings. The van der Waals surface area contributed by atoms with Gasteiger partial charge >= 0.3 is 0 Å². The number of hydrogen-bond donors (Lipinski definition) is 1. The molecule has 130 valence electrons. The molecular weight excluding hydrogens is 338 g/mol. The second-order valence-electron chi connectivity index (χ2n) is 5.23. The van der Waals surface area contributed by atoms with E-state index in [1.54, 1.807) is 12.1 Å². The number of nitrogens with one attached hydrogen (secondary N) is 1. The van der Waals surface area contributed by atoms with Crippen LogP contribution in [0.25, 0.3) is 10.2 Å². The van der Waals surface area contributed by atoms with Crippen LogP contribution in [0.5, 0.6) is 11.5 Å². The Morgan fingerprint density at radius 2 is 1.80 bits per heavy atom. The Morgan fingerprint density at radius 1 is 1.12 bits per heavy atom. The van der Waals surface area contributed by atoms with Gasteiger partial charge in [0.2, 0.25) is 4.80 Å². The van der Waals surface area contributed by atoms with Crippen LogP contribution in [-0.2, 0) is 11.8 Å². The monoisotopic (exact) mass is 357 g/mol. The van der Waals surface area contributed by atoms with Gasteiger partial charge in [0.25, 0.3) is 5.91 Å². The van der Waals surface area contributed by atoms with Gasteiger partial charge in [-0.15, -0.1) is 5.10 Å². The SMILES string of the molecule is CCOc1ccccc1OCC(=O)N/N=c1/sc2ccccc2n1C. The van der Waals surface area contributed by atoms with Crippen molar-refractivity contribution in [2.75, 3.05) is 13.2 Å². The van der Waals surface area contributed by atoms with Gasteiger partial charge in [-0.25, -0.2) is 5.43 Å². The molecule has 0 bridgehead atoms. The van der Waals surface area contributed by atoms with Crippen molar-refractivity contribution in [2.24, 2.45) is 12.1 Å². The van der Waals surface area contributed by atoms with Crippen LogP contribution in [-0.4, -0.2) is 23.7 Å². The minimum absolute atomic E-state index is 0.137. The van der Waals surface area contributed by atoms with E-state index in [0.717, 1.165) is 10.2 Å². The summed E-state index contributed by atoms with van der Waals surface area (Å²) in [5, 5.41) is 4.18. The summed E-state index contributed by atoms with van der Waals surface area (Å²) in [6, 6.07) is 15.2. The molecule has 1 heterocycles. The van der Waals surface area contributed by atoms with Crippen LogP contribution in [0.15, 0.2) is 53.6 Å². The molecule has 2 aromatic carbocycles. The van der Waals surface area contributed by atoms with Crippen LogP contribution in [0, 0.1) is 0 Å². The van der Waals surface area contributed by atoms with Gasteiger partial charge in [-0.05, 0) is 31.2 Å². The summed E-state index contributed by atoms with van der Waals surface area (Å²) >= 11 is 1.51. The number of nitrogens with zero attached hydrogens (tertiary/aromatic N) is 2. The van der Waals surface area contributed by atoms with Crippen LogP contribution in [0.2, 0.25) is 0 Å². The van der Waals surface area contributed by atoms with Gasteiger partial charge < -0.3 is 14.0 Å². The van der Waals surface area contributed by atoms with Gasteiger partial charge in [-0.2, -0.15) is 0 Å². The number of amides is 1. The van der Waals surface area contributed by atoms with Crippen LogP contribution in [0.4, 0.5) is 0 Å². The fourth-order valence-corrected chi connectivity index (χ4v) is 3.30. The normalized spacial score (nSPS) is 11.5. The number of benzene rings is 2. The predicted molar refractivity (Wildman–Crippen MR) is 97.6 cm³/mol. The molecule has 0 saturated heterocycles. The van der Waals surface area contributed by atoms with Crippen molar-refractivity contribution in [3.05, 3.63) is 53.3 Å². The average molecular weight is 357 g/mol. The lowest BCUT2D eigenvalue weighted by Gasteiger charge is -2.10. The van der Waals surface area contributed by atoms with Gasteiger partial charge in [0, 0.05) is 7.05 Å². The fourth-order valence-electron chi connectivity index (χ4n) is 2.32. The molecule has 3 rings (SSSR count). The van der Waals surface area contributed by atoms with Crippen molar-refractivity contribution in [1.82, 2.24) is 9.99 Å². The predicted octanol–water partition coefficient (Wildman–Crippen LogP) is 2.65. The van der Waals surface area contributed by atoms with Crippen molar-refractivity contribution in [1.29, 1.82) is 0 Å². The van der Waals surface area contributed by atoms with Gasteiger partial charge in [0.1, 0.15) is 0 Å². The third-order valence-electron chi connectivity index (χ3n) is 3.50. The Labute approximate surface area is 149 Å². The Hall–Kier alpha value is -2.80. The quantitative estimate of drug-likeness (QED) is 0.690. The van der Waals surface area contributed by atoms with Crippen molar-refractivity contribution in [3.8, 4) is 11.5 Å². The molecule has 1 amide bonds. The van der Waals surface area contributed by atoms with E-state index in [2.05, 4.69) is 10.5 Å². The van der Waals surface area contributed by atoms with E-state index in [9.17, 15) is 4.79 Å². The number of para-hydroxylation sites is 3. The second kappa shape index (κ2) is 7.85. The summed E-state index contributed by atoms with van der Waals surface area (Å²) < 4.78 is 14.0.